The predicted octanol–water partition coefficient (Wildman–Crippen LogP) is 1.66. The lowest BCUT2D eigenvalue weighted by Crippen LogP contribution is -2.50. The van der Waals surface area contributed by atoms with Crippen LogP contribution in [0.1, 0.15) is 12.8 Å². The largest absolute Gasteiger partial charge is 0.486 e. The highest BCUT2D eigenvalue weighted by Crippen LogP contribution is 2.38. The van der Waals surface area contributed by atoms with E-state index < -0.39 is 10.0 Å². The number of anilines is 1. The summed E-state index contributed by atoms with van der Waals surface area (Å²) in [6.45, 7) is 1.75. The molecule has 2 heterocycles. The Morgan fingerprint density at radius 3 is 2.64 bits per heavy atom. The molecule has 0 saturated carbocycles. The van der Waals surface area contributed by atoms with E-state index in [-0.39, 0.29) is 12.1 Å². The van der Waals surface area contributed by atoms with Crippen LogP contribution >= 0.6 is 11.6 Å². The van der Waals surface area contributed by atoms with Gasteiger partial charge in [-0.2, -0.15) is 0 Å². The van der Waals surface area contributed by atoms with Crippen molar-refractivity contribution in [3.8, 4) is 11.5 Å². The first-order valence-electron chi connectivity index (χ1n) is 7.94. The fourth-order valence-electron chi connectivity index (χ4n) is 2.91. The van der Waals surface area contributed by atoms with E-state index in [4.69, 9.17) is 21.1 Å². The van der Waals surface area contributed by atoms with Gasteiger partial charge in [-0.25, -0.2) is 17.9 Å². The molecule has 3 rings (SSSR count). The lowest BCUT2D eigenvalue weighted by atomic mass is 10.1. The second-order valence-electron chi connectivity index (χ2n) is 6.08. The molecular formula is C15H20ClN3O5S. The molecule has 1 atom stereocenters. The lowest BCUT2D eigenvalue weighted by Gasteiger charge is -2.32. The summed E-state index contributed by atoms with van der Waals surface area (Å²) in [5.74, 6) is 1.07. The second kappa shape index (κ2) is 7.27. The third-order valence-corrected chi connectivity index (χ3v) is 5.04. The number of rotatable bonds is 3. The van der Waals surface area contributed by atoms with Crippen molar-refractivity contribution in [1.29, 1.82) is 0 Å². The monoisotopic (exact) mass is 389 g/mol. The normalized spacial score (nSPS) is 20.2. The highest BCUT2D eigenvalue weighted by atomic mass is 35.5. The minimum Gasteiger partial charge on any atom is -0.486 e. The molecular weight excluding hydrogens is 370 g/mol. The van der Waals surface area contributed by atoms with Crippen LogP contribution in [0.3, 0.4) is 0 Å². The number of benzene rings is 1. The van der Waals surface area contributed by atoms with Crippen LogP contribution in [0.5, 0.6) is 11.5 Å². The summed E-state index contributed by atoms with van der Waals surface area (Å²) in [6, 6.07) is 2.62. The quantitative estimate of drug-likeness (QED) is 0.819. The van der Waals surface area contributed by atoms with Crippen LogP contribution in [-0.4, -0.2) is 57.9 Å². The number of piperidine rings is 1. The molecule has 2 aliphatic rings. The number of nitrogens with one attached hydrogen (secondary N) is 2. The van der Waals surface area contributed by atoms with Gasteiger partial charge in [0, 0.05) is 31.3 Å². The zero-order valence-electron chi connectivity index (χ0n) is 13.7. The molecule has 1 saturated heterocycles. The summed E-state index contributed by atoms with van der Waals surface area (Å²) >= 11 is 6.20. The molecule has 0 bridgehead atoms. The first-order valence-corrected chi connectivity index (χ1v) is 10.2. The fraction of sp³-hybridized carbons (Fsp3) is 0.533. The van der Waals surface area contributed by atoms with Gasteiger partial charge in [0.05, 0.1) is 17.0 Å². The molecule has 0 spiro atoms. The van der Waals surface area contributed by atoms with Crippen molar-refractivity contribution in [2.24, 2.45) is 0 Å². The average molecular weight is 390 g/mol. The van der Waals surface area contributed by atoms with Gasteiger partial charge in [0.15, 0.2) is 11.5 Å². The van der Waals surface area contributed by atoms with Crippen molar-refractivity contribution >= 4 is 33.3 Å². The average Bonchev–Trinajstić information content (AvgIpc) is 2.54. The van der Waals surface area contributed by atoms with Crippen molar-refractivity contribution < 1.29 is 22.7 Å². The van der Waals surface area contributed by atoms with Crippen molar-refractivity contribution in [2.45, 2.75) is 18.9 Å². The molecule has 8 nitrogen and oxygen atoms in total. The fourth-order valence-corrected chi connectivity index (χ4v) is 3.91. The summed E-state index contributed by atoms with van der Waals surface area (Å²) < 4.78 is 36.2. The highest BCUT2D eigenvalue weighted by molar-refractivity contribution is 7.88. The summed E-state index contributed by atoms with van der Waals surface area (Å²) in [5.41, 5.74) is 0.425. The van der Waals surface area contributed by atoms with Gasteiger partial charge in [0.25, 0.3) is 0 Å². The number of urea groups is 1. The predicted molar refractivity (Wildman–Crippen MR) is 94.0 cm³/mol. The van der Waals surface area contributed by atoms with Crippen molar-refractivity contribution in [3.63, 3.8) is 0 Å². The van der Waals surface area contributed by atoms with Crippen LogP contribution in [0, 0.1) is 0 Å². The number of nitrogens with zero attached hydrogens (tertiary/aromatic N) is 1. The zero-order valence-corrected chi connectivity index (χ0v) is 15.3. The zero-order chi connectivity index (χ0) is 18.0. The number of amides is 2. The molecule has 0 aliphatic carbocycles. The Bertz CT molecular complexity index is 771. The maximum Gasteiger partial charge on any atom is 0.321 e. The van der Waals surface area contributed by atoms with E-state index in [9.17, 15) is 13.2 Å². The maximum absolute atomic E-state index is 12.5. The molecule has 2 aliphatic heterocycles. The first-order chi connectivity index (χ1) is 11.8. The van der Waals surface area contributed by atoms with Gasteiger partial charge in [-0.1, -0.05) is 11.6 Å². The van der Waals surface area contributed by atoms with Crippen LogP contribution in [0.15, 0.2) is 12.1 Å². The van der Waals surface area contributed by atoms with E-state index in [1.165, 1.54) is 0 Å². The Morgan fingerprint density at radius 1 is 1.28 bits per heavy atom. The van der Waals surface area contributed by atoms with Crippen molar-refractivity contribution in [2.75, 3.05) is 37.9 Å². The number of hydrogen-bond donors (Lipinski definition) is 2. The van der Waals surface area contributed by atoms with Gasteiger partial charge in [-0.05, 0) is 12.8 Å². The molecule has 2 amide bonds. The summed E-state index contributed by atoms with van der Waals surface area (Å²) in [5, 5.41) is 3.10. The SMILES string of the molecule is CS(=O)(=O)N[C@@H]1CCCN(C(=O)Nc2cc3c(cc2Cl)OCCO3)C1. The Labute approximate surface area is 151 Å². The number of carbonyl (C=O) groups is 1. The van der Waals surface area contributed by atoms with Gasteiger partial charge < -0.3 is 19.7 Å². The number of likely N-dealkylation sites (tertiary alicyclic amines) is 1. The topological polar surface area (TPSA) is 97.0 Å². The molecule has 1 aromatic rings. The van der Waals surface area contributed by atoms with E-state index in [2.05, 4.69) is 10.0 Å². The van der Waals surface area contributed by atoms with Gasteiger partial charge in [0.2, 0.25) is 10.0 Å². The summed E-state index contributed by atoms with van der Waals surface area (Å²) in [4.78, 5) is 14.1. The maximum atomic E-state index is 12.5. The van der Waals surface area contributed by atoms with Gasteiger partial charge in [0.1, 0.15) is 13.2 Å². The third-order valence-electron chi connectivity index (χ3n) is 3.96. The van der Waals surface area contributed by atoms with Crippen LogP contribution in [-0.2, 0) is 10.0 Å². The number of halogens is 1. The van der Waals surface area contributed by atoms with Gasteiger partial charge >= 0.3 is 6.03 Å². The molecule has 0 aromatic heterocycles. The Balaban J connectivity index is 1.67. The van der Waals surface area contributed by atoms with Crippen LogP contribution in [0.2, 0.25) is 5.02 Å². The van der Waals surface area contributed by atoms with Crippen LogP contribution in [0.4, 0.5) is 10.5 Å². The number of sulfonamides is 1. The van der Waals surface area contributed by atoms with E-state index >= 15 is 0 Å². The molecule has 10 heteroatoms. The Morgan fingerprint density at radius 2 is 1.96 bits per heavy atom. The third kappa shape index (κ3) is 4.68. The van der Waals surface area contributed by atoms with Crippen molar-refractivity contribution in [3.05, 3.63) is 17.2 Å². The molecule has 25 heavy (non-hydrogen) atoms. The molecule has 2 N–H and O–H groups in total. The Kier molecular flexibility index (Phi) is 5.26. The highest BCUT2D eigenvalue weighted by Gasteiger charge is 2.26. The summed E-state index contributed by atoms with van der Waals surface area (Å²) in [6.07, 6.45) is 2.53. The van der Waals surface area contributed by atoms with E-state index in [1.54, 1.807) is 17.0 Å². The minimum absolute atomic E-state index is 0.287. The molecule has 0 unspecified atom stereocenters. The molecule has 0 radical (unpaired) electrons. The first kappa shape index (κ1) is 18.1. The lowest BCUT2D eigenvalue weighted by molar-refractivity contribution is 0.171. The van der Waals surface area contributed by atoms with Crippen LogP contribution in [0.25, 0.3) is 0 Å². The smallest absolute Gasteiger partial charge is 0.321 e. The standard InChI is InChI=1S/C15H20ClN3O5S/c1-25(21,22)18-10-3-2-4-19(9-10)15(20)17-12-8-14-13(7-11(12)16)23-5-6-24-14/h7-8,10,18H,2-6,9H2,1H3,(H,17,20)/t10-/m1/s1. The number of hydrogen-bond acceptors (Lipinski definition) is 5. The van der Waals surface area contributed by atoms with Gasteiger partial charge in [-0.3, -0.25) is 0 Å². The minimum atomic E-state index is -3.31. The van der Waals surface area contributed by atoms with E-state index in [1.807, 2.05) is 0 Å². The number of ether oxygens (including phenoxy) is 2. The summed E-state index contributed by atoms with van der Waals surface area (Å²) in [7, 11) is -3.31. The van der Waals surface area contributed by atoms with E-state index in [0.717, 1.165) is 12.7 Å². The molecule has 138 valence electrons. The second-order valence-corrected chi connectivity index (χ2v) is 8.27. The van der Waals surface area contributed by atoms with Crippen molar-refractivity contribution in [1.82, 2.24) is 9.62 Å². The van der Waals surface area contributed by atoms with Gasteiger partial charge in [-0.15, -0.1) is 0 Å². The van der Waals surface area contributed by atoms with E-state index in [0.29, 0.717) is 54.9 Å². The number of carbonyl (C=O) groups excluding carboxylic acids is 1. The Hall–Kier alpha value is -1.71. The van der Waals surface area contributed by atoms with Crippen LogP contribution < -0.4 is 19.5 Å². The number of fused-ring (bicyclic) bond motifs is 1. The molecule has 1 aromatic carbocycles. The molecule has 1 fully saturated rings.